The smallest absolute Gasteiger partial charge is 0.269 e. The lowest BCUT2D eigenvalue weighted by atomic mass is 9.78. The molecule has 0 unspecified atom stereocenters. The van der Waals surface area contributed by atoms with Crippen molar-refractivity contribution in [1.29, 1.82) is 0 Å². The molecule has 0 radical (unpaired) electrons. The van der Waals surface area contributed by atoms with Crippen molar-refractivity contribution < 1.29 is 14.5 Å². The van der Waals surface area contributed by atoms with Crippen LogP contribution in [0.1, 0.15) is 42.9 Å². The maximum atomic E-state index is 13.7. The molecule has 2 aliphatic rings. The van der Waals surface area contributed by atoms with Crippen LogP contribution in [-0.2, 0) is 9.59 Å². The van der Waals surface area contributed by atoms with Crippen LogP contribution in [0.2, 0.25) is 0 Å². The molecule has 0 fully saturated rings. The van der Waals surface area contributed by atoms with E-state index in [0.717, 1.165) is 22.5 Å². The number of amides is 1. The van der Waals surface area contributed by atoms with Gasteiger partial charge in [0.05, 0.1) is 22.3 Å². The Morgan fingerprint density at radius 2 is 1.68 bits per heavy atom. The molecule has 1 aliphatic heterocycles. The third kappa shape index (κ3) is 3.75. The molecule has 3 aromatic carbocycles. The topological polar surface area (TPSA) is 92.6 Å². The van der Waals surface area contributed by atoms with Crippen LogP contribution in [0.3, 0.4) is 0 Å². The number of ketones is 1. The van der Waals surface area contributed by atoms with Gasteiger partial charge in [0.15, 0.2) is 5.78 Å². The van der Waals surface area contributed by atoms with Gasteiger partial charge in [-0.1, -0.05) is 54.6 Å². The molecule has 0 aromatic heterocycles. The van der Waals surface area contributed by atoms with Crippen molar-refractivity contribution in [3.8, 4) is 0 Å². The van der Waals surface area contributed by atoms with Crippen LogP contribution in [-0.4, -0.2) is 16.6 Å². The number of non-ortho nitro benzene ring substituents is 1. The van der Waals surface area contributed by atoms with E-state index in [2.05, 4.69) is 5.32 Å². The number of nitrogens with zero attached hydrogens (tertiary/aromatic N) is 2. The van der Waals surface area contributed by atoms with E-state index in [-0.39, 0.29) is 29.7 Å². The van der Waals surface area contributed by atoms with Crippen molar-refractivity contribution in [2.45, 2.75) is 31.7 Å². The summed E-state index contributed by atoms with van der Waals surface area (Å²) in [6.07, 6.45) is 0.721. The number of fused-ring (bicyclic) bond motifs is 1. The van der Waals surface area contributed by atoms with Crippen molar-refractivity contribution in [2.75, 3.05) is 10.2 Å². The van der Waals surface area contributed by atoms with E-state index in [0.29, 0.717) is 17.7 Å². The molecule has 0 saturated heterocycles. The van der Waals surface area contributed by atoms with E-state index in [1.165, 1.54) is 13.0 Å². The van der Waals surface area contributed by atoms with Gasteiger partial charge >= 0.3 is 0 Å². The van der Waals surface area contributed by atoms with Gasteiger partial charge in [0.1, 0.15) is 0 Å². The number of allylic oxidation sites excluding steroid dienone is 1. The molecular weight excluding hydrogens is 430 g/mol. The minimum Gasteiger partial charge on any atom is -0.357 e. The molecule has 0 spiro atoms. The van der Waals surface area contributed by atoms with Gasteiger partial charge in [-0.2, -0.15) is 0 Å². The van der Waals surface area contributed by atoms with Crippen LogP contribution in [0, 0.1) is 10.1 Å². The second-order valence-electron chi connectivity index (χ2n) is 8.62. The summed E-state index contributed by atoms with van der Waals surface area (Å²) in [4.78, 5) is 39.2. The summed E-state index contributed by atoms with van der Waals surface area (Å²) >= 11 is 0. The summed E-state index contributed by atoms with van der Waals surface area (Å²) in [5, 5.41) is 14.7. The van der Waals surface area contributed by atoms with Crippen molar-refractivity contribution in [3.63, 3.8) is 0 Å². The van der Waals surface area contributed by atoms with E-state index >= 15 is 0 Å². The lowest BCUT2D eigenvalue weighted by Crippen LogP contribution is -2.37. The molecule has 0 saturated carbocycles. The third-order valence-corrected chi connectivity index (χ3v) is 6.50. The summed E-state index contributed by atoms with van der Waals surface area (Å²) in [5.74, 6) is -0.435. The van der Waals surface area contributed by atoms with Crippen LogP contribution in [0.4, 0.5) is 17.1 Å². The second-order valence-corrected chi connectivity index (χ2v) is 8.62. The molecule has 170 valence electrons. The van der Waals surface area contributed by atoms with Gasteiger partial charge in [-0.15, -0.1) is 0 Å². The van der Waals surface area contributed by atoms with E-state index in [4.69, 9.17) is 0 Å². The average molecular weight is 453 g/mol. The fourth-order valence-electron chi connectivity index (χ4n) is 5.02. The molecule has 1 amide bonds. The van der Waals surface area contributed by atoms with Crippen LogP contribution in [0.25, 0.3) is 0 Å². The number of benzene rings is 3. The second kappa shape index (κ2) is 8.59. The van der Waals surface area contributed by atoms with Crippen LogP contribution < -0.4 is 10.2 Å². The summed E-state index contributed by atoms with van der Waals surface area (Å²) in [5.41, 5.74) is 4.39. The normalized spacial score (nSPS) is 19.6. The van der Waals surface area contributed by atoms with Crippen molar-refractivity contribution >= 4 is 28.8 Å². The summed E-state index contributed by atoms with van der Waals surface area (Å²) in [6, 6.07) is 23.0. The fourth-order valence-corrected chi connectivity index (χ4v) is 5.02. The molecule has 2 atom stereocenters. The molecule has 34 heavy (non-hydrogen) atoms. The van der Waals surface area contributed by atoms with Crippen molar-refractivity contribution in [1.82, 2.24) is 0 Å². The monoisotopic (exact) mass is 453 g/mol. The largest absolute Gasteiger partial charge is 0.357 e. The third-order valence-electron chi connectivity index (χ3n) is 6.50. The summed E-state index contributed by atoms with van der Waals surface area (Å²) in [6.45, 7) is 1.51. The van der Waals surface area contributed by atoms with E-state index < -0.39 is 11.0 Å². The number of hydrogen-bond acceptors (Lipinski definition) is 5. The number of nitro groups is 1. The number of rotatable bonds is 3. The van der Waals surface area contributed by atoms with Gasteiger partial charge < -0.3 is 5.32 Å². The number of carbonyl (C=O) groups excluding carboxylic acids is 2. The van der Waals surface area contributed by atoms with Gasteiger partial charge in [0.2, 0.25) is 5.91 Å². The Bertz CT molecular complexity index is 1330. The molecule has 7 nitrogen and oxygen atoms in total. The molecule has 1 N–H and O–H groups in total. The minimum absolute atomic E-state index is 0.00816. The molecule has 0 bridgehead atoms. The predicted molar refractivity (Wildman–Crippen MR) is 130 cm³/mol. The van der Waals surface area contributed by atoms with Crippen LogP contribution in [0.5, 0.6) is 0 Å². The first kappa shape index (κ1) is 21.6. The molecule has 5 rings (SSSR count). The Balaban J connectivity index is 1.67. The van der Waals surface area contributed by atoms with Crippen molar-refractivity contribution in [3.05, 3.63) is 111 Å². The first-order valence-electron chi connectivity index (χ1n) is 11.2. The zero-order valence-corrected chi connectivity index (χ0v) is 18.6. The first-order chi connectivity index (χ1) is 16.4. The Hall–Kier alpha value is -4.26. The number of para-hydroxylation sites is 2. The average Bonchev–Trinajstić information content (AvgIpc) is 2.99. The number of Topliss-reactive ketones (excluding diaryl/α,β-unsaturated/α-hetero) is 1. The zero-order valence-electron chi connectivity index (χ0n) is 18.6. The lowest BCUT2D eigenvalue weighted by Gasteiger charge is -2.34. The molecule has 3 aromatic rings. The number of carbonyl (C=O) groups is 2. The van der Waals surface area contributed by atoms with Crippen LogP contribution in [0.15, 0.2) is 90.1 Å². The zero-order chi connectivity index (χ0) is 23.8. The number of nitro benzene ring substituents is 1. The Labute approximate surface area is 196 Å². The molecule has 1 aliphatic carbocycles. The fraction of sp³-hybridized carbons (Fsp3) is 0.185. The number of hydrogen-bond donors (Lipinski definition) is 1. The molecule has 1 heterocycles. The summed E-state index contributed by atoms with van der Waals surface area (Å²) < 4.78 is 0. The van der Waals surface area contributed by atoms with Gasteiger partial charge in [-0.25, -0.2) is 0 Å². The molecular formula is C27H23N3O4. The van der Waals surface area contributed by atoms with E-state index in [1.54, 1.807) is 17.0 Å². The number of nitrogens with one attached hydrogen (secondary N) is 1. The standard InChI is InChI=1S/C27H23N3O4/c1-17(31)29-24-13-6-5-12-22(24)28-23-15-20(19-10-7-11-21(14-19)30(33)34)16-25(32)26(23)27(29)18-8-3-2-4-9-18/h2-14,20,27-28H,15-16H2,1H3/t20-,27-/m1/s1. The Morgan fingerprint density at radius 1 is 0.971 bits per heavy atom. The highest BCUT2D eigenvalue weighted by molar-refractivity contribution is 6.06. The number of anilines is 2. The highest BCUT2D eigenvalue weighted by atomic mass is 16.6. The Morgan fingerprint density at radius 3 is 2.41 bits per heavy atom. The first-order valence-corrected chi connectivity index (χ1v) is 11.2. The highest BCUT2D eigenvalue weighted by Gasteiger charge is 2.40. The van der Waals surface area contributed by atoms with E-state index in [1.807, 2.05) is 60.7 Å². The minimum atomic E-state index is -0.566. The van der Waals surface area contributed by atoms with Gasteiger partial charge in [0.25, 0.3) is 5.69 Å². The van der Waals surface area contributed by atoms with Crippen LogP contribution >= 0.6 is 0 Å². The van der Waals surface area contributed by atoms with Gasteiger partial charge in [-0.05, 0) is 35.6 Å². The Kier molecular flexibility index (Phi) is 5.45. The quantitative estimate of drug-likeness (QED) is 0.417. The summed E-state index contributed by atoms with van der Waals surface area (Å²) in [7, 11) is 0. The highest BCUT2D eigenvalue weighted by Crippen LogP contribution is 2.47. The lowest BCUT2D eigenvalue weighted by molar-refractivity contribution is -0.384. The predicted octanol–water partition coefficient (Wildman–Crippen LogP) is 5.52. The maximum Gasteiger partial charge on any atom is 0.269 e. The van der Waals surface area contributed by atoms with Gasteiger partial charge in [0, 0.05) is 36.7 Å². The van der Waals surface area contributed by atoms with E-state index in [9.17, 15) is 19.7 Å². The van der Waals surface area contributed by atoms with Crippen molar-refractivity contribution in [2.24, 2.45) is 0 Å². The maximum absolute atomic E-state index is 13.7. The molecule has 7 heteroatoms. The van der Waals surface area contributed by atoms with Gasteiger partial charge in [-0.3, -0.25) is 24.6 Å². The SMILES string of the molecule is CC(=O)N1c2ccccc2NC2=C(C(=O)C[C@H](c3cccc([N+](=O)[O-])c3)C2)[C@H]1c1ccccc1.